The minimum Gasteiger partial charge on any atom is -0.492 e. The van der Waals surface area contributed by atoms with Crippen molar-refractivity contribution in [1.29, 1.82) is 0 Å². The Balaban J connectivity index is 1.76. The molecule has 0 fully saturated rings. The lowest BCUT2D eigenvalue weighted by atomic mass is 10.3. The maximum absolute atomic E-state index is 11.4. The number of pyridine rings is 1. The van der Waals surface area contributed by atoms with E-state index in [9.17, 15) is 8.42 Å². The first-order valence-electron chi connectivity index (χ1n) is 8.84. The summed E-state index contributed by atoms with van der Waals surface area (Å²) >= 11 is 0. The van der Waals surface area contributed by atoms with Gasteiger partial charge in [-0.25, -0.2) is 8.42 Å². The molecule has 0 atom stereocenters. The largest absolute Gasteiger partial charge is 0.492 e. The molecule has 2 rings (SSSR count). The molecule has 0 saturated carbocycles. The van der Waals surface area contributed by atoms with Gasteiger partial charge in [0.05, 0.1) is 11.4 Å². The summed E-state index contributed by atoms with van der Waals surface area (Å²) < 4.78 is 28.5. The number of guanidine groups is 1. The molecule has 0 saturated heterocycles. The quantitative estimate of drug-likeness (QED) is 0.384. The number of aliphatic imine (C=N–C) groups is 1. The minimum atomic E-state index is -3.19. The monoisotopic (exact) mass is 390 g/mol. The lowest BCUT2D eigenvalue weighted by Gasteiger charge is -2.12. The summed E-state index contributed by atoms with van der Waals surface area (Å²) in [6, 6.07) is 12.2. The van der Waals surface area contributed by atoms with Gasteiger partial charge in [0.25, 0.3) is 0 Å². The van der Waals surface area contributed by atoms with Gasteiger partial charge in [0.1, 0.15) is 12.4 Å². The zero-order valence-corrected chi connectivity index (χ0v) is 16.5. The van der Waals surface area contributed by atoms with Crippen LogP contribution in [0.1, 0.15) is 12.6 Å². The molecule has 146 valence electrons. The molecule has 0 aliphatic carbocycles. The first-order chi connectivity index (χ1) is 13.0. The summed E-state index contributed by atoms with van der Waals surface area (Å²) in [5.41, 5.74) is 1.01. The Kier molecular flexibility index (Phi) is 8.06. The summed E-state index contributed by atoms with van der Waals surface area (Å²) in [5, 5.41) is 6.40. The molecule has 0 radical (unpaired) electrons. The van der Waals surface area contributed by atoms with Gasteiger partial charge in [-0.15, -0.1) is 0 Å². The number of ether oxygens (including phenoxy) is 1. The van der Waals surface area contributed by atoms with Crippen LogP contribution in [-0.2, 0) is 16.3 Å². The number of nitrogens with one attached hydrogen (secondary N) is 2. The van der Waals surface area contributed by atoms with Crippen LogP contribution in [-0.4, -0.2) is 51.9 Å². The zero-order valence-electron chi connectivity index (χ0n) is 15.7. The SMILES string of the molecule is CCNC(=NCCc1ccccn1)NCCOc1ccc(S(C)(=O)=O)cc1. The molecule has 1 aromatic heterocycles. The van der Waals surface area contributed by atoms with Crippen LogP contribution in [0.25, 0.3) is 0 Å². The number of nitrogens with zero attached hydrogens (tertiary/aromatic N) is 2. The Morgan fingerprint density at radius 3 is 2.56 bits per heavy atom. The van der Waals surface area contributed by atoms with Crippen LogP contribution in [0, 0.1) is 0 Å². The average molecular weight is 391 g/mol. The van der Waals surface area contributed by atoms with Crippen molar-refractivity contribution >= 4 is 15.8 Å². The van der Waals surface area contributed by atoms with Crippen molar-refractivity contribution in [1.82, 2.24) is 15.6 Å². The summed E-state index contributed by atoms with van der Waals surface area (Å²) in [6.07, 6.45) is 3.74. The molecule has 8 heteroatoms. The fourth-order valence-electron chi connectivity index (χ4n) is 2.29. The first-order valence-corrected chi connectivity index (χ1v) is 10.7. The van der Waals surface area contributed by atoms with E-state index >= 15 is 0 Å². The molecule has 0 unspecified atom stereocenters. The van der Waals surface area contributed by atoms with Crippen LogP contribution in [0.4, 0.5) is 0 Å². The highest BCUT2D eigenvalue weighted by Gasteiger charge is 2.06. The lowest BCUT2D eigenvalue weighted by molar-refractivity contribution is 0.321. The van der Waals surface area contributed by atoms with E-state index in [1.165, 1.54) is 6.26 Å². The third kappa shape index (κ3) is 7.65. The second kappa shape index (κ2) is 10.5. The third-order valence-corrected chi connectivity index (χ3v) is 4.75. The van der Waals surface area contributed by atoms with Crippen LogP contribution >= 0.6 is 0 Å². The van der Waals surface area contributed by atoms with Crippen molar-refractivity contribution in [3.05, 3.63) is 54.4 Å². The molecular weight excluding hydrogens is 364 g/mol. The van der Waals surface area contributed by atoms with Crippen molar-refractivity contribution in [2.75, 3.05) is 32.5 Å². The van der Waals surface area contributed by atoms with E-state index < -0.39 is 9.84 Å². The Hall–Kier alpha value is -2.61. The number of sulfone groups is 1. The molecule has 0 amide bonds. The highest BCUT2D eigenvalue weighted by atomic mass is 32.2. The van der Waals surface area contributed by atoms with E-state index in [0.29, 0.717) is 25.4 Å². The van der Waals surface area contributed by atoms with E-state index in [4.69, 9.17) is 4.74 Å². The fourth-order valence-corrected chi connectivity index (χ4v) is 2.92. The van der Waals surface area contributed by atoms with Crippen LogP contribution < -0.4 is 15.4 Å². The van der Waals surface area contributed by atoms with Gasteiger partial charge in [0.15, 0.2) is 15.8 Å². The molecule has 27 heavy (non-hydrogen) atoms. The van der Waals surface area contributed by atoms with Crippen molar-refractivity contribution < 1.29 is 13.2 Å². The summed E-state index contributed by atoms with van der Waals surface area (Å²) in [5.74, 6) is 1.35. The topological polar surface area (TPSA) is 92.7 Å². The summed E-state index contributed by atoms with van der Waals surface area (Å²) in [6.45, 7) is 4.42. The number of hydrogen-bond acceptors (Lipinski definition) is 5. The third-order valence-electron chi connectivity index (χ3n) is 3.62. The molecule has 0 spiro atoms. The predicted octanol–water partition coefficient (Wildman–Crippen LogP) is 1.66. The van der Waals surface area contributed by atoms with Gasteiger partial charge in [0, 0.05) is 37.7 Å². The number of hydrogen-bond donors (Lipinski definition) is 2. The zero-order chi connectivity index (χ0) is 19.5. The summed E-state index contributed by atoms with van der Waals surface area (Å²) in [4.78, 5) is 9.09. The van der Waals surface area contributed by atoms with Gasteiger partial charge in [-0.2, -0.15) is 0 Å². The maximum Gasteiger partial charge on any atom is 0.191 e. The van der Waals surface area contributed by atoms with E-state index in [-0.39, 0.29) is 4.90 Å². The van der Waals surface area contributed by atoms with Crippen molar-refractivity contribution in [2.45, 2.75) is 18.2 Å². The van der Waals surface area contributed by atoms with Gasteiger partial charge in [-0.05, 0) is 43.3 Å². The minimum absolute atomic E-state index is 0.280. The Bertz CT molecular complexity index is 822. The average Bonchev–Trinajstić information content (AvgIpc) is 2.65. The number of aromatic nitrogens is 1. The highest BCUT2D eigenvalue weighted by molar-refractivity contribution is 7.90. The standard InChI is InChI=1S/C19H26N4O3S/c1-3-20-19(22-13-11-16-6-4-5-12-21-16)23-14-15-26-17-7-9-18(10-8-17)27(2,24)25/h4-10,12H,3,11,13-15H2,1-2H3,(H2,20,22,23). The molecule has 2 N–H and O–H groups in total. The van der Waals surface area contributed by atoms with E-state index in [1.807, 2.05) is 25.1 Å². The molecule has 1 aromatic carbocycles. The van der Waals surface area contributed by atoms with E-state index in [2.05, 4.69) is 20.6 Å². The Morgan fingerprint density at radius 1 is 1.15 bits per heavy atom. The van der Waals surface area contributed by atoms with Crippen LogP contribution in [0.15, 0.2) is 58.5 Å². The normalized spacial score (nSPS) is 11.9. The molecule has 0 aliphatic rings. The molecule has 0 bridgehead atoms. The van der Waals surface area contributed by atoms with Crippen molar-refractivity contribution in [2.24, 2.45) is 4.99 Å². The van der Waals surface area contributed by atoms with Gasteiger partial charge >= 0.3 is 0 Å². The highest BCUT2D eigenvalue weighted by Crippen LogP contribution is 2.15. The molecule has 7 nitrogen and oxygen atoms in total. The van der Waals surface area contributed by atoms with Crippen LogP contribution in [0.5, 0.6) is 5.75 Å². The molecule has 1 heterocycles. The summed E-state index contributed by atoms with van der Waals surface area (Å²) in [7, 11) is -3.19. The van der Waals surface area contributed by atoms with Crippen LogP contribution in [0.3, 0.4) is 0 Å². The number of benzene rings is 1. The molecule has 2 aromatic rings. The van der Waals surface area contributed by atoms with Gasteiger partial charge in [0.2, 0.25) is 0 Å². The lowest BCUT2D eigenvalue weighted by Crippen LogP contribution is -2.39. The maximum atomic E-state index is 11.4. The fraction of sp³-hybridized carbons (Fsp3) is 0.368. The number of rotatable bonds is 9. The second-order valence-corrected chi connectivity index (χ2v) is 7.87. The Labute approximate surface area is 160 Å². The van der Waals surface area contributed by atoms with Gasteiger partial charge in [-0.1, -0.05) is 6.07 Å². The predicted molar refractivity (Wildman–Crippen MR) is 107 cm³/mol. The Morgan fingerprint density at radius 2 is 1.93 bits per heavy atom. The second-order valence-electron chi connectivity index (χ2n) is 5.85. The van der Waals surface area contributed by atoms with Crippen molar-refractivity contribution in [3.63, 3.8) is 0 Å². The van der Waals surface area contributed by atoms with Gasteiger partial charge < -0.3 is 15.4 Å². The van der Waals surface area contributed by atoms with Gasteiger partial charge in [-0.3, -0.25) is 9.98 Å². The molecule has 0 aliphatic heterocycles. The molecular formula is C19H26N4O3S. The smallest absolute Gasteiger partial charge is 0.191 e. The van der Waals surface area contributed by atoms with E-state index in [0.717, 1.165) is 24.6 Å². The first kappa shape index (κ1) is 20.7. The van der Waals surface area contributed by atoms with E-state index in [1.54, 1.807) is 30.5 Å². The van der Waals surface area contributed by atoms with Crippen LogP contribution in [0.2, 0.25) is 0 Å². The van der Waals surface area contributed by atoms with Crippen molar-refractivity contribution in [3.8, 4) is 5.75 Å².